The Labute approximate surface area is 117 Å². The third-order valence-corrected chi connectivity index (χ3v) is 3.88. The van der Waals surface area contributed by atoms with E-state index in [1.165, 1.54) is 12.0 Å². The second kappa shape index (κ2) is 5.49. The lowest BCUT2D eigenvalue weighted by Gasteiger charge is -2.21. The second-order valence-electron chi connectivity index (χ2n) is 6.79. The fraction of sp³-hybridized carbons (Fsp3) is 0.688. The van der Waals surface area contributed by atoms with Crippen molar-refractivity contribution in [3.05, 3.63) is 23.4 Å². The van der Waals surface area contributed by atoms with Gasteiger partial charge in [-0.3, -0.25) is 0 Å². The number of rotatable bonds is 4. The van der Waals surface area contributed by atoms with Crippen molar-refractivity contribution in [2.75, 3.05) is 18.0 Å². The summed E-state index contributed by atoms with van der Waals surface area (Å²) in [7, 11) is 0. The number of aryl methyl sites for hydroxylation is 1. The molecule has 0 saturated carbocycles. The van der Waals surface area contributed by atoms with Gasteiger partial charge in [0.2, 0.25) is 0 Å². The lowest BCUT2D eigenvalue weighted by molar-refractivity contribution is 0.418. The van der Waals surface area contributed by atoms with Gasteiger partial charge in [0.25, 0.3) is 0 Å². The van der Waals surface area contributed by atoms with Gasteiger partial charge in [0, 0.05) is 31.4 Å². The third-order valence-electron chi connectivity index (χ3n) is 3.88. The summed E-state index contributed by atoms with van der Waals surface area (Å²) in [5.41, 5.74) is 2.87. The van der Waals surface area contributed by atoms with E-state index in [4.69, 9.17) is 4.98 Å². The van der Waals surface area contributed by atoms with Crippen LogP contribution in [0.1, 0.15) is 45.4 Å². The smallest absolute Gasteiger partial charge is 0.128 e. The summed E-state index contributed by atoms with van der Waals surface area (Å²) in [6.07, 6.45) is 1.25. The number of hydrogen-bond acceptors (Lipinski definition) is 3. The molecule has 0 bridgehead atoms. The average Bonchev–Trinajstić information content (AvgIpc) is 2.68. The van der Waals surface area contributed by atoms with E-state index in [1.54, 1.807) is 0 Å². The SMILES string of the molecule is Cc1nc(N2CCC(C)(C)C2)ccc1CNC(C)C. The van der Waals surface area contributed by atoms with Crippen LogP contribution in [0, 0.1) is 12.3 Å². The van der Waals surface area contributed by atoms with E-state index in [2.05, 4.69) is 57.0 Å². The molecule has 1 aliphatic rings. The van der Waals surface area contributed by atoms with Crippen molar-refractivity contribution in [2.24, 2.45) is 5.41 Å². The predicted octanol–water partition coefficient (Wildman–Crippen LogP) is 3.12. The molecule has 2 rings (SSSR count). The first kappa shape index (κ1) is 14.3. The Hall–Kier alpha value is -1.09. The fourth-order valence-electron chi connectivity index (χ4n) is 2.56. The number of nitrogens with one attached hydrogen (secondary N) is 1. The van der Waals surface area contributed by atoms with Crippen molar-refractivity contribution in [1.82, 2.24) is 10.3 Å². The molecule has 1 aromatic heterocycles. The Morgan fingerprint density at radius 2 is 2.11 bits per heavy atom. The van der Waals surface area contributed by atoms with E-state index in [0.29, 0.717) is 11.5 Å². The highest BCUT2D eigenvalue weighted by Crippen LogP contribution is 2.31. The zero-order valence-electron chi connectivity index (χ0n) is 13.0. The molecule has 1 aromatic rings. The summed E-state index contributed by atoms with van der Waals surface area (Å²) in [5.74, 6) is 1.14. The number of pyridine rings is 1. The topological polar surface area (TPSA) is 28.2 Å². The molecule has 0 atom stereocenters. The van der Waals surface area contributed by atoms with Crippen molar-refractivity contribution in [3.8, 4) is 0 Å². The van der Waals surface area contributed by atoms with Gasteiger partial charge in [0.1, 0.15) is 5.82 Å². The number of aromatic nitrogens is 1. The van der Waals surface area contributed by atoms with E-state index < -0.39 is 0 Å². The Balaban J connectivity index is 2.07. The lowest BCUT2D eigenvalue weighted by atomic mass is 9.93. The highest BCUT2D eigenvalue weighted by atomic mass is 15.2. The Morgan fingerprint density at radius 1 is 1.37 bits per heavy atom. The van der Waals surface area contributed by atoms with Crippen LogP contribution in [0.4, 0.5) is 5.82 Å². The first-order valence-electron chi connectivity index (χ1n) is 7.32. The van der Waals surface area contributed by atoms with Crippen LogP contribution in [0.25, 0.3) is 0 Å². The van der Waals surface area contributed by atoms with Crippen LogP contribution in [0.3, 0.4) is 0 Å². The normalized spacial score (nSPS) is 18.3. The molecule has 1 aliphatic heterocycles. The van der Waals surface area contributed by atoms with E-state index >= 15 is 0 Å². The molecule has 0 radical (unpaired) electrons. The van der Waals surface area contributed by atoms with Gasteiger partial charge in [-0.1, -0.05) is 33.8 Å². The highest BCUT2D eigenvalue weighted by Gasteiger charge is 2.29. The highest BCUT2D eigenvalue weighted by molar-refractivity contribution is 5.43. The van der Waals surface area contributed by atoms with Crippen molar-refractivity contribution in [3.63, 3.8) is 0 Å². The molecule has 106 valence electrons. The van der Waals surface area contributed by atoms with Gasteiger partial charge in [-0.25, -0.2) is 4.98 Å². The number of anilines is 1. The molecule has 1 saturated heterocycles. The van der Waals surface area contributed by atoms with Crippen LogP contribution in [0.2, 0.25) is 0 Å². The van der Waals surface area contributed by atoms with Crippen LogP contribution in [0.5, 0.6) is 0 Å². The summed E-state index contributed by atoms with van der Waals surface area (Å²) < 4.78 is 0. The largest absolute Gasteiger partial charge is 0.356 e. The number of hydrogen-bond donors (Lipinski definition) is 1. The van der Waals surface area contributed by atoms with Gasteiger partial charge < -0.3 is 10.2 Å². The summed E-state index contributed by atoms with van der Waals surface area (Å²) in [6.45, 7) is 14.3. The zero-order chi connectivity index (χ0) is 14.0. The predicted molar refractivity (Wildman–Crippen MR) is 81.6 cm³/mol. The van der Waals surface area contributed by atoms with Crippen LogP contribution in [-0.4, -0.2) is 24.1 Å². The summed E-state index contributed by atoms with van der Waals surface area (Å²) >= 11 is 0. The monoisotopic (exact) mass is 261 g/mol. The molecular weight excluding hydrogens is 234 g/mol. The summed E-state index contributed by atoms with van der Waals surface area (Å²) in [6, 6.07) is 4.91. The molecule has 0 amide bonds. The van der Waals surface area contributed by atoms with E-state index in [-0.39, 0.29) is 0 Å². The van der Waals surface area contributed by atoms with Crippen LogP contribution in [0.15, 0.2) is 12.1 Å². The minimum absolute atomic E-state index is 0.424. The Morgan fingerprint density at radius 3 is 2.63 bits per heavy atom. The van der Waals surface area contributed by atoms with E-state index in [9.17, 15) is 0 Å². The summed E-state index contributed by atoms with van der Waals surface area (Å²) in [4.78, 5) is 7.19. The molecule has 2 heterocycles. The molecule has 0 aromatic carbocycles. The molecule has 0 aliphatic carbocycles. The maximum absolute atomic E-state index is 4.78. The van der Waals surface area contributed by atoms with E-state index in [1.807, 2.05) is 0 Å². The van der Waals surface area contributed by atoms with Gasteiger partial charge in [-0.15, -0.1) is 0 Å². The van der Waals surface area contributed by atoms with Crippen molar-refractivity contribution >= 4 is 5.82 Å². The quantitative estimate of drug-likeness (QED) is 0.902. The minimum atomic E-state index is 0.424. The van der Waals surface area contributed by atoms with Crippen molar-refractivity contribution in [2.45, 2.75) is 53.6 Å². The van der Waals surface area contributed by atoms with Gasteiger partial charge in [0.15, 0.2) is 0 Å². The average molecular weight is 261 g/mol. The van der Waals surface area contributed by atoms with Gasteiger partial charge in [-0.05, 0) is 30.4 Å². The fourth-order valence-corrected chi connectivity index (χ4v) is 2.56. The van der Waals surface area contributed by atoms with Crippen LogP contribution >= 0.6 is 0 Å². The van der Waals surface area contributed by atoms with Gasteiger partial charge >= 0.3 is 0 Å². The molecule has 1 N–H and O–H groups in total. The molecule has 1 fully saturated rings. The van der Waals surface area contributed by atoms with Crippen LogP contribution < -0.4 is 10.2 Å². The Kier molecular flexibility index (Phi) is 4.14. The molecule has 0 unspecified atom stereocenters. The maximum atomic E-state index is 4.78. The lowest BCUT2D eigenvalue weighted by Crippen LogP contribution is -2.25. The second-order valence-corrected chi connectivity index (χ2v) is 6.79. The van der Waals surface area contributed by atoms with Crippen molar-refractivity contribution < 1.29 is 0 Å². The summed E-state index contributed by atoms with van der Waals surface area (Å²) in [5, 5.41) is 3.45. The van der Waals surface area contributed by atoms with E-state index in [0.717, 1.165) is 31.1 Å². The number of nitrogens with zero attached hydrogens (tertiary/aromatic N) is 2. The molecule has 3 heteroatoms. The van der Waals surface area contributed by atoms with Gasteiger partial charge in [0.05, 0.1) is 0 Å². The molecular formula is C16H27N3. The molecule has 0 spiro atoms. The Bertz CT molecular complexity index is 438. The molecule has 3 nitrogen and oxygen atoms in total. The van der Waals surface area contributed by atoms with Gasteiger partial charge in [-0.2, -0.15) is 0 Å². The van der Waals surface area contributed by atoms with Crippen LogP contribution in [-0.2, 0) is 6.54 Å². The maximum Gasteiger partial charge on any atom is 0.128 e. The van der Waals surface area contributed by atoms with Crippen molar-refractivity contribution in [1.29, 1.82) is 0 Å². The first-order chi connectivity index (χ1) is 8.87. The third kappa shape index (κ3) is 3.69. The molecule has 19 heavy (non-hydrogen) atoms. The standard InChI is InChI=1S/C16H27N3/c1-12(2)17-10-14-6-7-15(18-13(14)3)19-9-8-16(4,5)11-19/h6-7,12,17H,8-11H2,1-5H3. The zero-order valence-corrected chi connectivity index (χ0v) is 13.0. The first-order valence-corrected chi connectivity index (χ1v) is 7.32. The minimum Gasteiger partial charge on any atom is -0.356 e.